The number of phenols is 1. The predicted octanol–water partition coefficient (Wildman–Crippen LogP) is 3.15. The molecule has 0 aliphatic carbocycles. The molecule has 0 spiro atoms. The van der Waals surface area contributed by atoms with Crippen LogP contribution in [0.15, 0.2) is 6.08 Å². The van der Waals surface area contributed by atoms with Gasteiger partial charge in [-0.05, 0) is 36.8 Å². The smallest absolute Gasteiger partial charge is 0.342 e. The predicted molar refractivity (Wildman–Crippen MR) is 91.1 cm³/mol. The fourth-order valence-electron chi connectivity index (χ4n) is 3.10. The molecule has 1 aliphatic heterocycles. The second-order valence-corrected chi connectivity index (χ2v) is 7.72. The molecule has 7 heteroatoms. The fourth-order valence-corrected chi connectivity index (χ4v) is 4.09. The van der Waals surface area contributed by atoms with Crippen molar-refractivity contribution in [2.75, 3.05) is 6.16 Å². The van der Waals surface area contributed by atoms with Crippen LogP contribution >= 0.6 is 7.60 Å². The zero-order chi connectivity index (χ0) is 18.1. The van der Waals surface area contributed by atoms with Crippen LogP contribution in [0.4, 0.5) is 0 Å². The average molecular weight is 354 g/mol. The van der Waals surface area contributed by atoms with Gasteiger partial charge in [0.05, 0.1) is 6.16 Å². The summed E-state index contributed by atoms with van der Waals surface area (Å²) in [7, 11) is -4.11. The summed E-state index contributed by atoms with van der Waals surface area (Å²) >= 11 is 0. The van der Waals surface area contributed by atoms with Crippen LogP contribution in [0.25, 0.3) is 6.08 Å². The summed E-state index contributed by atoms with van der Waals surface area (Å²) < 4.78 is 16.2. The van der Waals surface area contributed by atoms with Crippen molar-refractivity contribution in [1.82, 2.24) is 0 Å². The van der Waals surface area contributed by atoms with Gasteiger partial charge in [-0.25, -0.2) is 4.79 Å². The third kappa shape index (κ3) is 3.72. The van der Waals surface area contributed by atoms with E-state index in [2.05, 4.69) is 0 Å². The summed E-state index contributed by atoms with van der Waals surface area (Å²) in [5.74, 6) is -0.960. The molecule has 1 heterocycles. The van der Waals surface area contributed by atoms with E-state index in [-0.39, 0.29) is 30.0 Å². The lowest BCUT2D eigenvalue weighted by molar-refractivity contribution is 0.0533. The maximum atomic E-state index is 11.9. The molecule has 6 nitrogen and oxygen atoms in total. The molecule has 0 amide bonds. The van der Waals surface area contributed by atoms with Gasteiger partial charge in [0.15, 0.2) is 0 Å². The van der Waals surface area contributed by atoms with Crippen LogP contribution in [0.5, 0.6) is 5.75 Å². The maximum Gasteiger partial charge on any atom is 0.342 e. The Morgan fingerprint density at radius 1 is 1.33 bits per heavy atom. The van der Waals surface area contributed by atoms with Gasteiger partial charge in [0.2, 0.25) is 0 Å². The van der Waals surface area contributed by atoms with Gasteiger partial charge >= 0.3 is 13.6 Å². The number of allylic oxidation sites excluding steroid dienone is 1. The van der Waals surface area contributed by atoms with E-state index < -0.39 is 13.6 Å². The number of hydrogen-bond acceptors (Lipinski definition) is 4. The molecule has 0 saturated heterocycles. The highest BCUT2D eigenvalue weighted by Crippen LogP contribution is 2.40. The van der Waals surface area contributed by atoms with E-state index in [1.54, 1.807) is 12.2 Å². The summed E-state index contributed by atoms with van der Waals surface area (Å²) in [5.41, 5.74) is 3.27. The van der Waals surface area contributed by atoms with E-state index in [4.69, 9.17) is 14.5 Å². The van der Waals surface area contributed by atoms with E-state index in [9.17, 15) is 14.5 Å². The molecule has 132 valence electrons. The zero-order valence-electron chi connectivity index (χ0n) is 14.1. The molecule has 0 radical (unpaired) electrons. The third-order valence-corrected chi connectivity index (χ3v) is 5.41. The Bertz CT molecular complexity index is 731. The van der Waals surface area contributed by atoms with Gasteiger partial charge < -0.3 is 19.6 Å². The lowest BCUT2D eigenvalue weighted by Crippen LogP contribution is -2.04. The summed E-state index contributed by atoms with van der Waals surface area (Å²) in [4.78, 5) is 30.2. The number of carbonyl (C=O) groups is 1. The van der Waals surface area contributed by atoms with E-state index in [1.807, 2.05) is 20.8 Å². The summed E-state index contributed by atoms with van der Waals surface area (Å²) in [5, 5.41) is 10.5. The van der Waals surface area contributed by atoms with Crippen LogP contribution in [0.2, 0.25) is 0 Å². The summed E-state index contributed by atoms with van der Waals surface area (Å²) in [6.07, 6.45) is 4.34. The van der Waals surface area contributed by atoms with Gasteiger partial charge in [0.1, 0.15) is 17.9 Å². The fraction of sp³-hybridized carbons (Fsp3) is 0.471. The number of phenolic OH excluding ortho intramolecular Hbond substituents is 1. The molecule has 0 aromatic heterocycles. The van der Waals surface area contributed by atoms with Gasteiger partial charge in [0, 0.05) is 11.1 Å². The number of benzene rings is 1. The van der Waals surface area contributed by atoms with Gasteiger partial charge in [-0.2, -0.15) is 0 Å². The first-order chi connectivity index (χ1) is 11.2. The highest BCUT2D eigenvalue weighted by molar-refractivity contribution is 7.51. The number of cyclic esters (lactones) is 1. The SMILES string of the molecule is CCc1c(C)c2c(c(O)c1/C=C/C(CC)CP(=O)(O)O)C(=O)OC2. The number of carbonyl (C=O) groups excluding carboxylic acids is 1. The first-order valence-electron chi connectivity index (χ1n) is 7.96. The van der Waals surface area contributed by atoms with Crippen molar-refractivity contribution < 1.29 is 29.0 Å². The second-order valence-electron chi connectivity index (χ2n) is 6.02. The monoisotopic (exact) mass is 354 g/mol. The van der Waals surface area contributed by atoms with Crippen LogP contribution in [0, 0.1) is 12.8 Å². The highest BCUT2D eigenvalue weighted by Gasteiger charge is 2.30. The molecular weight excluding hydrogens is 331 g/mol. The van der Waals surface area contributed by atoms with Gasteiger partial charge in [-0.15, -0.1) is 0 Å². The Balaban J connectivity index is 2.48. The van der Waals surface area contributed by atoms with Crippen LogP contribution in [0.1, 0.15) is 52.9 Å². The highest BCUT2D eigenvalue weighted by atomic mass is 31.2. The minimum Gasteiger partial charge on any atom is -0.506 e. The van der Waals surface area contributed by atoms with Crippen LogP contribution in [0.3, 0.4) is 0 Å². The molecule has 3 N–H and O–H groups in total. The molecule has 0 fully saturated rings. The van der Waals surface area contributed by atoms with Crippen molar-refractivity contribution in [2.45, 2.75) is 40.2 Å². The number of aromatic hydroxyl groups is 1. The molecule has 1 aliphatic rings. The number of hydrogen-bond donors (Lipinski definition) is 3. The quantitative estimate of drug-likeness (QED) is 0.535. The zero-order valence-corrected chi connectivity index (χ0v) is 15.0. The Morgan fingerprint density at radius 3 is 2.54 bits per heavy atom. The first kappa shape index (κ1) is 18.7. The van der Waals surface area contributed by atoms with Crippen LogP contribution in [-0.2, 0) is 22.3 Å². The standard InChI is InChI=1S/C17H23O6P/c1-4-11(9-24(20,21)22)6-7-13-12(5-2)10(3)14-8-23-17(19)15(14)16(13)18/h6-7,11,18H,4-5,8-9H2,1-3H3,(H2,20,21,22)/b7-6+. The van der Waals surface area contributed by atoms with Gasteiger partial charge in [-0.1, -0.05) is 26.0 Å². The lowest BCUT2D eigenvalue weighted by Gasteiger charge is -2.15. The molecule has 1 unspecified atom stereocenters. The largest absolute Gasteiger partial charge is 0.506 e. The van der Waals surface area contributed by atoms with Crippen LogP contribution in [-0.4, -0.2) is 27.0 Å². The molecule has 1 aromatic rings. The van der Waals surface area contributed by atoms with E-state index >= 15 is 0 Å². The first-order valence-corrected chi connectivity index (χ1v) is 9.76. The van der Waals surface area contributed by atoms with Crippen LogP contribution < -0.4 is 0 Å². The third-order valence-electron chi connectivity index (χ3n) is 4.46. The molecule has 1 aromatic carbocycles. The lowest BCUT2D eigenvalue weighted by atomic mass is 9.90. The van der Waals surface area contributed by atoms with Crippen molar-refractivity contribution in [2.24, 2.45) is 5.92 Å². The minimum atomic E-state index is -4.11. The molecule has 24 heavy (non-hydrogen) atoms. The normalized spacial score (nSPS) is 15.6. The Morgan fingerprint density at radius 2 is 2.00 bits per heavy atom. The van der Waals surface area contributed by atoms with E-state index in [0.29, 0.717) is 24.0 Å². The topological polar surface area (TPSA) is 104 Å². The Labute approximate surface area is 141 Å². The Hall–Kier alpha value is -1.62. The second kappa shape index (κ2) is 7.09. The van der Waals surface area contributed by atoms with Crippen molar-refractivity contribution in [3.8, 4) is 5.75 Å². The molecular formula is C17H23O6P. The van der Waals surface area contributed by atoms with E-state index in [0.717, 1.165) is 11.1 Å². The maximum absolute atomic E-state index is 11.9. The number of fused-ring (bicyclic) bond motifs is 1. The molecule has 0 saturated carbocycles. The van der Waals surface area contributed by atoms with Crippen molar-refractivity contribution >= 4 is 19.6 Å². The van der Waals surface area contributed by atoms with Crippen molar-refractivity contribution in [1.29, 1.82) is 0 Å². The molecule has 2 rings (SSSR count). The number of ether oxygens (including phenoxy) is 1. The Kier molecular flexibility index (Phi) is 5.53. The summed E-state index contributed by atoms with van der Waals surface area (Å²) in [6, 6.07) is 0. The number of esters is 1. The van der Waals surface area contributed by atoms with Crippen molar-refractivity contribution in [3.63, 3.8) is 0 Å². The summed E-state index contributed by atoms with van der Waals surface area (Å²) in [6.45, 7) is 5.86. The van der Waals surface area contributed by atoms with E-state index in [1.165, 1.54) is 0 Å². The molecule has 0 bridgehead atoms. The van der Waals surface area contributed by atoms with Crippen molar-refractivity contribution in [3.05, 3.63) is 33.9 Å². The minimum absolute atomic E-state index is 0.114. The van der Waals surface area contributed by atoms with Gasteiger partial charge in [-0.3, -0.25) is 4.57 Å². The number of rotatable bonds is 6. The molecule has 1 atom stereocenters. The average Bonchev–Trinajstić information content (AvgIpc) is 2.89. The van der Waals surface area contributed by atoms with Gasteiger partial charge in [0.25, 0.3) is 0 Å².